The van der Waals surface area contributed by atoms with Crippen molar-refractivity contribution in [3.63, 3.8) is 0 Å². The van der Waals surface area contributed by atoms with E-state index in [1.54, 1.807) is 0 Å². The van der Waals surface area contributed by atoms with E-state index in [0.717, 1.165) is 67.7 Å². The third-order valence-corrected chi connectivity index (χ3v) is 5.78. The van der Waals surface area contributed by atoms with E-state index in [1.807, 2.05) is 6.07 Å². The molecule has 1 saturated heterocycles. The van der Waals surface area contributed by atoms with Crippen molar-refractivity contribution in [3.8, 4) is 28.4 Å². The van der Waals surface area contributed by atoms with Crippen LogP contribution in [0.4, 0.5) is 0 Å². The Bertz CT molecular complexity index is 953. The van der Waals surface area contributed by atoms with Gasteiger partial charge in [0.2, 0.25) is 5.88 Å². The largest absolute Gasteiger partial charge is 0.474 e. The van der Waals surface area contributed by atoms with Crippen LogP contribution in [0.25, 0.3) is 22.5 Å². The van der Waals surface area contributed by atoms with Gasteiger partial charge in [-0.15, -0.1) is 5.10 Å². The van der Waals surface area contributed by atoms with Gasteiger partial charge in [0.25, 0.3) is 0 Å². The van der Waals surface area contributed by atoms with E-state index in [1.165, 1.54) is 18.4 Å². The van der Waals surface area contributed by atoms with E-state index in [9.17, 15) is 0 Å². The molecule has 7 heteroatoms. The number of tetrazole rings is 1. The van der Waals surface area contributed by atoms with Crippen molar-refractivity contribution >= 4 is 0 Å². The molecule has 0 radical (unpaired) electrons. The number of hydrogen-bond acceptors (Lipinski definition) is 6. The van der Waals surface area contributed by atoms with Gasteiger partial charge in [-0.2, -0.15) is 0 Å². The lowest BCUT2D eigenvalue weighted by molar-refractivity contribution is 0.0239. The van der Waals surface area contributed by atoms with Gasteiger partial charge in [0.1, 0.15) is 6.10 Å². The van der Waals surface area contributed by atoms with Crippen molar-refractivity contribution in [2.24, 2.45) is 0 Å². The minimum absolute atomic E-state index is 0.0957. The molecule has 3 aromatic rings. The predicted octanol–water partition coefficient (Wildman–Crippen LogP) is 3.76. The van der Waals surface area contributed by atoms with Gasteiger partial charge < -0.3 is 9.47 Å². The SMILES string of the molecule is c1ccc(-c2c3c(nc(OC4CCOCC4)c2-c2nnn[nH]2)CCCCC3)cc1. The average Bonchev–Trinajstić information content (AvgIpc) is 3.20. The number of nitrogens with one attached hydrogen (secondary N) is 1. The van der Waals surface area contributed by atoms with Crippen LogP contribution in [0.1, 0.15) is 43.4 Å². The number of H-pyrrole nitrogens is 1. The molecule has 0 amide bonds. The molecular weight excluding hydrogens is 366 g/mol. The number of aryl methyl sites for hydroxylation is 1. The lowest BCUT2D eigenvalue weighted by Gasteiger charge is -2.26. The highest BCUT2D eigenvalue weighted by molar-refractivity contribution is 5.86. The van der Waals surface area contributed by atoms with E-state index >= 15 is 0 Å². The van der Waals surface area contributed by atoms with Crippen LogP contribution in [0.5, 0.6) is 5.88 Å². The molecule has 1 aliphatic heterocycles. The molecule has 1 fully saturated rings. The molecule has 1 N–H and O–H groups in total. The summed E-state index contributed by atoms with van der Waals surface area (Å²) < 4.78 is 12.0. The van der Waals surface area contributed by atoms with Crippen LogP contribution in [0, 0.1) is 0 Å². The maximum absolute atomic E-state index is 6.47. The van der Waals surface area contributed by atoms with E-state index in [0.29, 0.717) is 11.7 Å². The fourth-order valence-corrected chi connectivity index (χ4v) is 4.34. The Morgan fingerprint density at radius 2 is 1.79 bits per heavy atom. The van der Waals surface area contributed by atoms with Crippen LogP contribution in [-0.2, 0) is 17.6 Å². The minimum atomic E-state index is 0.0957. The number of benzene rings is 1. The summed E-state index contributed by atoms with van der Waals surface area (Å²) in [4.78, 5) is 5.03. The van der Waals surface area contributed by atoms with Crippen LogP contribution < -0.4 is 4.74 Å². The number of hydrogen-bond donors (Lipinski definition) is 1. The first-order chi connectivity index (χ1) is 14.4. The van der Waals surface area contributed by atoms with Gasteiger partial charge >= 0.3 is 0 Å². The zero-order valence-corrected chi connectivity index (χ0v) is 16.4. The van der Waals surface area contributed by atoms with Crippen LogP contribution in [-0.4, -0.2) is 44.9 Å². The van der Waals surface area contributed by atoms with Gasteiger partial charge in [-0.05, 0) is 47.2 Å². The quantitative estimate of drug-likeness (QED) is 0.682. The first-order valence-corrected chi connectivity index (χ1v) is 10.5. The van der Waals surface area contributed by atoms with E-state index < -0.39 is 0 Å². The number of fused-ring (bicyclic) bond motifs is 1. The predicted molar refractivity (Wildman–Crippen MR) is 109 cm³/mol. The van der Waals surface area contributed by atoms with Gasteiger partial charge in [-0.3, -0.25) is 0 Å². The van der Waals surface area contributed by atoms with Crippen molar-refractivity contribution in [2.75, 3.05) is 13.2 Å². The van der Waals surface area contributed by atoms with Gasteiger partial charge in [0.05, 0.1) is 18.8 Å². The molecule has 0 spiro atoms. The first kappa shape index (κ1) is 18.2. The molecule has 3 heterocycles. The highest BCUT2D eigenvalue weighted by atomic mass is 16.5. The Hall–Kier alpha value is -2.80. The highest BCUT2D eigenvalue weighted by Gasteiger charge is 2.28. The number of nitrogens with zero attached hydrogens (tertiary/aromatic N) is 4. The Labute approximate surface area is 169 Å². The third kappa shape index (κ3) is 3.74. The van der Waals surface area contributed by atoms with Gasteiger partial charge in [0.15, 0.2) is 5.82 Å². The maximum Gasteiger partial charge on any atom is 0.225 e. The second-order valence-corrected chi connectivity index (χ2v) is 7.70. The van der Waals surface area contributed by atoms with Gasteiger partial charge in [-0.25, -0.2) is 10.1 Å². The monoisotopic (exact) mass is 391 g/mol. The smallest absolute Gasteiger partial charge is 0.225 e. The Balaban J connectivity index is 1.72. The molecule has 0 bridgehead atoms. The standard InChI is InChI=1S/C22H25N5O2/c1-3-7-15(8-4-1)19-17-9-5-2-6-10-18(17)23-22(20(19)21-24-26-27-25-21)29-16-11-13-28-14-12-16/h1,3-4,7-8,16H,2,5-6,9-14H2,(H,24,25,26,27). The summed E-state index contributed by atoms with van der Waals surface area (Å²) >= 11 is 0. The molecule has 0 unspecified atom stereocenters. The molecule has 1 aromatic carbocycles. The number of aromatic amines is 1. The Morgan fingerprint density at radius 3 is 2.59 bits per heavy atom. The zero-order valence-electron chi connectivity index (χ0n) is 16.4. The topological polar surface area (TPSA) is 85.8 Å². The summed E-state index contributed by atoms with van der Waals surface area (Å²) in [7, 11) is 0. The molecule has 29 heavy (non-hydrogen) atoms. The average molecular weight is 391 g/mol. The number of ether oxygens (including phenoxy) is 2. The lowest BCUT2D eigenvalue weighted by atomic mass is 9.91. The minimum Gasteiger partial charge on any atom is -0.474 e. The van der Waals surface area contributed by atoms with Crippen molar-refractivity contribution < 1.29 is 9.47 Å². The fraction of sp³-hybridized carbons (Fsp3) is 0.455. The molecule has 0 saturated carbocycles. The summed E-state index contributed by atoms with van der Waals surface area (Å²) in [6.07, 6.45) is 7.38. The highest BCUT2D eigenvalue weighted by Crippen LogP contribution is 2.42. The summed E-state index contributed by atoms with van der Waals surface area (Å²) in [5.41, 5.74) is 5.63. The lowest BCUT2D eigenvalue weighted by Crippen LogP contribution is -2.26. The van der Waals surface area contributed by atoms with Crippen molar-refractivity contribution in [1.82, 2.24) is 25.6 Å². The Morgan fingerprint density at radius 1 is 0.966 bits per heavy atom. The summed E-state index contributed by atoms with van der Waals surface area (Å²) in [5.74, 6) is 1.24. The zero-order chi connectivity index (χ0) is 19.5. The Kier molecular flexibility index (Phi) is 5.21. The summed E-state index contributed by atoms with van der Waals surface area (Å²) in [6.45, 7) is 1.45. The van der Waals surface area contributed by atoms with Crippen molar-refractivity contribution in [1.29, 1.82) is 0 Å². The summed E-state index contributed by atoms with van der Waals surface area (Å²) in [6, 6.07) is 10.5. The summed E-state index contributed by atoms with van der Waals surface area (Å²) in [5, 5.41) is 14.8. The van der Waals surface area contributed by atoms with E-state index in [2.05, 4.69) is 44.9 Å². The van der Waals surface area contributed by atoms with Crippen LogP contribution in [0.3, 0.4) is 0 Å². The molecule has 150 valence electrons. The molecule has 0 atom stereocenters. The molecule has 7 nitrogen and oxygen atoms in total. The number of pyridine rings is 1. The van der Waals surface area contributed by atoms with Gasteiger partial charge in [-0.1, -0.05) is 36.8 Å². The fourth-order valence-electron chi connectivity index (χ4n) is 4.34. The van der Waals surface area contributed by atoms with E-state index in [-0.39, 0.29) is 6.10 Å². The molecule has 5 rings (SSSR count). The second-order valence-electron chi connectivity index (χ2n) is 7.70. The molecule has 2 aromatic heterocycles. The number of aromatic nitrogens is 5. The normalized spacial score (nSPS) is 17.5. The molecule has 1 aliphatic carbocycles. The molecule has 2 aliphatic rings. The van der Waals surface area contributed by atoms with Crippen LogP contribution in [0.15, 0.2) is 30.3 Å². The molecular formula is C22H25N5O2. The second kappa shape index (κ2) is 8.29. The third-order valence-electron chi connectivity index (χ3n) is 5.78. The van der Waals surface area contributed by atoms with E-state index in [4.69, 9.17) is 14.5 Å². The van der Waals surface area contributed by atoms with Crippen molar-refractivity contribution in [3.05, 3.63) is 41.6 Å². The maximum atomic E-state index is 6.47. The van der Waals surface area contributed by atoms with Crippen molar-refractivity contribution in [2.45, 2.75) is 51.0 Å². The number of rotatable bonds is 4. The van der Waals surface area contributed by atoms with Gasteiger partial charge in [0, 0.05) is 24.1 Å². The van der Waals surface area contributed by atoms with Crippen LogP contribution >= 0.6 is 0 Å². The first-order valence-electron chi connectivity index (χ1n) is 10.5. The van der Waals surface area contributed by atoms with Crippen LogP contribution in [0.2, 0.25) is 0 Å².